The molecule has 1 fully saturated rings. The van der Waals surface area contributed by atoms with Crippen LogP contribution in [0.2, 0.25) is 0 Å². The van der Waals surface area contributed by atoms with E-state index in [0.29, 0.717) is 24.1 Å². The van der Waals surface area contributed by atoms with Crippen molar-refractivity contribution in [3.63, 3.8) is 0 Å². The van der Waals surface area contributed by atoms with Crippen LogP contribution in [-0.2, 0) is 9.84 Å². The third kappa shape index (κ3) is 4.49. The minimum absolute atomic E-state index is 0.319. The van der Waals surface area contributed by atoms with Crippen molar-refractivity contribution in [2.24, 2.45) is 5.73 Å². The van der Waals surface area contributed by atoms with Crippen LogP contribution in [0.15, 0.2) is 0 Å². The fraction of sp³-hybridized carbons (Fsp3) is 1.00. The Labute approximate surface area is 92.7 Å². The molecule has 0 radical (unpaired) electrons. The van der Waals surface area contributed by atoms with Crippen molar-refractivity contribution in [1.29, 1.82) is 0 Å². The van der Waals surface area contributed by atoms with Gasteiger partial charge in [-0.25, -0.2) is 8.42 Å². The van der Waals surface area contributed by atoms with E-state index >= 15 is 0 Å². The molecule has 5 heteroatoms. The Hall–Kier alpha value is -0.130. The molecule has 1 aliphatic rings. The van der Waals surface area contributed by atoms with E-state index in [1.807, 2.05) is 0 Å². The third-order valence-corrected chi connectivity index (χ3v) is 4.75. The normalized spacial score (nSPS) is 24.7. The Morgan fingerprint density at radius 1 is 1.33 bits per heavy atom. The summed E-state index contributed by atoms with van der Waals surface area (Å²) >= 11 is 0. The standard InChI is InChI=1S/C10H22N2O2S/c1-10(4-2-5-11)12-6-3-8-15(13,14)9-7-12/h10H,2-9,11H2,1H3. The van der Waals surface area contributed by atoms with Crippen LogP contribution in [0.3, 0.4) is 0 Å². The average Bonchev–Trinajstić information content (AvgIpc) is 2.36. The monoisotopic (exact) mass is 234 g/mol. The highest BCUT2D eigenvalue weighted by molar-refractivity contribution is 7.91. The van der Waals surface area contributed by atoms with E-state index in [4.69, 9.17) is 5.73 Å². The van der Waals surface area contributed by atoms with Gasteiger partial charge < -0.3 is 5.73 Å². The molecule has 0 aliphatic carbocycles. The van der Waals surface area contributed by atoms with Gasteiger partial charge >= 0.3 is 0 Å². The molecule has 0 aromatic heterocycles. The van der Waals surface area contributed by atoms with Gasteiger partial charge in [0.2, 0.25) is 0 Å². The Bertz CT molecular complexity index is 277. The maximum absolute atomic E-state index is 11.4. The molecule has 1 atom stereocenters. The lowest BCUT2D eigenvalue weighted by atomic mass is 10.1. The molecule has 1 rings (SSSR count). The van der Waals surface area contributed by atoms with Crippen molar-refractivity contribution in [3.8, 4) is 0 Å². The summed E-state index contributed by atoms with van der Waals surface area (Å²) in [5.41, 5.74) is 5.47. The van der Waals surface area contributed by atoms with Crippen LogP contribution in [-0.4, -0.2) is 50.5 Å². The van der Waals surface area contributed by atoms with Crippen molar-refractivity contribution in [3.05, 3.63) is 0 Å². The van der Waals surface area contributed by atoms with Gasteiger partial charge in [-0.2, -0.15) is 0 Å². The maximum Gasteiger partial charge on any atom is 0.151 e. The second-order valence-corrected chi connectivity index (χ2v) is 6.62. The van der Waals surface area contributed by atoms with E-state index < -0.39 is 9.84 Å². The van der Waals surface area contributed by atoms with Crippen molar-refractivity contribution in [2.45, 2.75) is 32.2 Å². The minimum Gasteiger partial charge on any atom is -0.330 e. The van der Waals surface area contributed by atoms with Gasteiger partial charge in [0.15, 0.2) is 9.84 Å². The van der Waals surface area contributed by atoms with Crippen LogP contribution in [0.5, 0.6) is 0 Å². The summed E-state index contributed by atoms with van der Waals surface area (Å²) in [6.45, 7) is 4.48. The summed E-state index contributed by atoms with van der Waals surface area (Å²) in [7, 11) is -2.77. The van der Waals surface area contributed by atoms with Gasteiger partial charge in [-0.3, -0.25) is 4.90 Å². The first-order chi connectivity index (χ1) is 7.05. The number of hydrogen-bond donors (Lipinski definition) is 1. The number of hydrogen-bond acceptors (Lipinski definition) is 4. The molecule has 1 saturated heterocycles. The zero-order valence-electron chi connectivity index (χ0n) is 9.48. The summed E-state index contributed by atoms with van der Waals surface area (Å²) in [6.07, 6.45) is 2.86. The molecule has 0 aromatic rings. The van der Waals surface area contributed by atoms with Crippen LogP contribution in [0, 0.1) is 0 Å². The smallest absolute Gasteiger partial charge is 0.151 e. The average molecular weight is 234 g/mol. The fourth-order valence-electron chi connectivity index (χ4n) is 1.99. The van der Waals surface area contributed by atoms with Crippen LogP contribution < -0.4 is 5.73 Å². The zero-order chi connectivity index (χ0) is 11.3. The molecule has 4 nitrogen and oxygen atoms in total. The Morgan fingerprint density at radius 3 is 2.73 bits per heavy atom. The lowest BCUT2D eigenvalue weighted by Crippen LogP contribution is -2.35. The molecule has 2 N–H and O–H groups in total. The zero-order valence-corrected chi connectivity index (χ0v) is 10.3. The topological polar surface area (TPSA) is 63.4 Å². The first kappa shape index (κ1) is 12.9. The van der Waals surface area contributed by atoms with Crippen molar-refractivity contribution in [2.75, 3.05) is 31.1 Å². The first-order valence-electron chi connectivity index (χ1n) is 5.70. The largest absolute Gasteiger partial charge is 0.330 e. The second-order valence-electron chi connectivity index (χ2n) is 4.32. The molecule has 0 saturated carbocycles. The highest BCUT2D eigenvalue weighted by atomic mass is 32.2. The Morgan fingerprint density at radius 2 is 2.07 bits per heavy atom. The summed E-state index contributed by atoms with van der Waals surface area (Å²) in [4.78, 5) is 2.28. The second kappa shape index (κ2) is 5.82. The third-order valence-electron chi connectivity index (χ3n) is 3.04. The van der Waals surface area contributed by atoms with Crippen LogP contribution >= 0.6 is 0 Å². The lowest BCUT2D eigenvalue weighted by molar-refractivity contribution is 0.213. The van der Waals surface area contributed by atoms with Crippen LogP contribution in [0.25, 0.3) is 0 Å². The molecule has 1 heterocycles. The van der Waals surface area contributed by atoms with E-state index in [2.05, 4.69) is 11.8 Å². The van der Waals surface area contributed by atoms with Gasteiger partial charge in [-0.15, -0.1) is 0 Å². The summed E-state index contributed by atoms with van der Waals surface area (Å²) < 4.78 is 22.8. The van der Waals surface area contributed by atoms with E-state index in [1.54, 1.807) is 0 Å². The molecular formula is C10H22N2O2S. The molecule has 0 spiro atoms. The van der Waals surface area contributed by atoms with E-state index in [9.17, 15) is 8.42 Å². The first-order valence-corrected chi connectivity index (χ1v) is 7.52. The molecule has 0 aromatic carbocycles. The highest BCUT2D eigenvalue weighted by Gasteiger charge is 2.21. The van der Waals surface area contributed by atoms with Crippen LogP contribution in [0.4, 0.5) is 0 Å². The van der Waals surface area contributed by atoms with E-state index in [0.717, 1.165) is 32.4 Å². The predicted molar refractivity (Wildman–Crippen MR) is 62.6 cm³/mol. The van der Waals surface area contributed by atoms with Crippen LogP contribution in [0.1, 0.15) is 26.2 Å². The van der Waals surface area contributed by atoms with Gasteiger partial charge in [-0.1, -0.05) is 0 Å². The van der Waals surface area contributed by atoms with E-state index in [1.165, 1.54) is 0 Å². The number of nitrogens with zero attached hydrogens (tertiary/aromatic N) is 1. The molecule has 0 bridgehead atoms. The highest BCUT2D eigenvalue weighted by Crippen LogP contribution is 2.11. The van der Waals surface area contributed by atoms with Crippen molar-refractivity contribution >= 4 is 9.84 Å². The van der Waals surface area contributed by atoms with Gasteiger partial charge in [0.05, 0.1) is 11.5 Å². The van der Waals surface area contributed by atoms with Gasteiger partial charge in [0.25, 0.3) is 0 Å². The molecule has 90 valence electrons. The van der Waals surface area contributed by atoms with Gasteiger partial charge in [-0.05, 0) is 39.3 Å². The number of rotatable bonds is 4. The summed E-state index contributed by atoms with van der Waals surface area (Å²) in [5.74, 6) is 0.674. The Kier molecular flexibility index (Phi) is 5.02. The minimum atomic E-state index is -2.77. The van der Waals surface area contributed by atoms with Gasteiger partial charge in [0, 0.05) is 12.6 Å². The van der Waals surface area contributed by atoms with Crippen molar-refractivity contribution < 1.29 is 8.42 Å². The molecule has 0 amide bonds. The molecule has 1 unspecified atom stereocenters. The quantitative estimate of drug-likeness (QED) is 0.756. The van der Waals surface area contributed by atoms with E-state index in [-0.39, 0.29) is 0 Å². The molecule has 1 aliphatic heterocycles. The fourth-order valence-corrected chi connectivity index (χ4v) is 3.28. The number of sulfone groups is 1. The predicted octanol–water partition coefficient (Wildman–Crippen LogP) is 0.234. The Balaban J connectivity index is 2.43. The molecule has 15 heavy (non-hydrogen) atoms. The summed E-state index contributed by atoms with van der Waals surface area (Å²) in [6, 6.07) is 0.460. The maximum atomic E-state index is 11.4. The number of nitrogens with two attached hydrogens (primary N) is 1. The van der Waals surface area contributed by atoms with Crippen molar-refractivity contribution in [1.82, 2.24) is 4.90 Å². The lowest BCUT2D eigenvalue weighted by Gasteiger charge is -2.26. The molecular weight excluding hydrogens is 212 g/mol. The summed E-state index contributed by atoms with van der Waals surface area (Å²) in [5, 5.41) is 0. The van der Waals surface area contributed by atoms with Gasteiger partial charge in [0.1, 0.15) is 0 Å². The SMILES string of the molecule is CC(CCCN)N1CCCS(=O)(=O)CC1.